The van der Waals surface area contributed by atoms with Crippen molar-refractivity contribution in [3.63, 3.8) is 0 Å². The first kappa shape index (κ1) is 15.3. The second kappa shape index (κ2) is 6.54. The molecule has 2 aliphatic heterocycles. The van der Waals surface area contributed by atoms with Crippen molar-refractivity contribution in [3.05, 3.63) is 0 Å². The summed E-state index contributed by atoms with van der Waals surface area (Å²) in [5, 5.41) is 9.60. The highest BCUT2D eigenvalue weighted by atomic mass is 16.5. The molecule has 1 amide bonds. The van der Waals surface area contributed by atoms with Crippen LogP contribution in [0.2, 0.25) is 0 Å². The van der Waals surface area contributed by atoms with Gasteiger partial charge < -0.3 is 14.7 Å². The molecule has 114 valence electrons. The first-order valence-corrected chi connectivity index (χ1v) is 7.44. The molecular formula is C14H24N2O4. The van der Waals surface area contributed by atoms with Gasteiger partial charge in [0, 0.05) is 13.1 Å². The Hall–Kier alpha value is -1.14. The third-order valence-corrected chi connectivity index (χ3v) is 4.38. The average Bonchev–Trinajstić information content (AvgIpc) is 2.84. The fourth-order valence-corrected chi connectivity index (χ4v) is 3.29. The van der Waals surface area contributed by atoms with Gasteiger partial charge in [0.05, 0.1) is 19.8 Å². The van der Waals surface area contributed by atoms with Crippen LogP contribution in [-0.2, 0) is 14.3 Å². The first-order chi connectivity index (χ1) is 9.60. The van der Waals surface area contributed by atoms with Gasteiger partial charge in [-0.3, -0.25) is 14.5 Å². The third-order valence-electron chi connectivity index (χ3n) is 4.38. The Morgan fingerprint density at radius 3 is 2.55 bits per heavy atom. The minimum absolute atomic E-state index is 0.0249. The summed E-state index contributed by atoms with van der Waals surface area (Å²) in [7, 11) is 0. The highest BCUT2D eigenvalue weighted by Gasteiger charge is 2.47. The van der Waals surface area contributed by atoms with Gasteiger partial charge in [0.15, 0.2) is 0 Å². The lowest BCUT2D eigenvalue weighted by molar-refractivity contribution is -0.152. The fourth-order valence-electron chi connectivity index (χ4n) is 3.29. The van der Waals surface area contributed by atoms with Gasteiger partial charge in [0.2, 0.25) is 5.91 Å². The van der Waals surface area contributed by atoms with Crippen LogP contribution < -0.4 is 0 Å². The molecule has 2 heterocycles. The topological polar surface area (TPSA) is 70.1 Å². The molecule has 1 unspecified atom stereocenters. The summed E-state index contributed by atoms with van der Waals surface area (Å²) in [4.78, 5) is 27.6. The maximum Gasteiger partial charge on any atom is 0.324 e. The molecule has 0 aromatic rings. The monoisotopic (exact) mass is 284 g/mol. The molecule has 0 aliphatic carbocycles. The van der Waals surface area contributed by atoms with E-state index in [-0.39, 0.29) is 12.5 Å². The van der Waals surface area contributed by atoms with E-state index in [0.717, 1.165) is 12.8 Å². The zero-order chi connectivity index (χ0) is 14.6. The van der Waals surface area contributed by atoms with Gasteiger partial charge in [-0.2, -0.15) is 0 Å². The summed E-state index contributed by atoms with van der Waals surface area (Å²) in [6.07, 6.45) is 2.92. The van der Waals surface area contributed by atoms with E-state index < -0.39 is 11.5 Å². The summed E-state index contributed by atoms with van der Waals surface area (Å²) in [5.74, 6) is -0.761. The standard InChI is InChI=1S/C14H24N2O4/c1-2-4-14(13(18)19)5-3-6-16(14)11-12(17)15-7-9-20-10-8-15/h2-11H2,1H3,(H,18,19). The molecule has 0 saturated carbocycles. The predicted octanol–water partition coefficient (Wildman–Crippen LogP) is 0.565. The van der Waals surface area contributed by atoms with Crippen LogP contribution in [0.15, 0.2) is 0 Å². The molecule has 20 heavy (non-hydrogen) atoms. The quantitative estimate of drug-likeness (QED) is 0.799. The molecule has 2 rings (SSSR count). The molecule has 2 fully saturated rings. The Kier molecular flexibility index (Phi) is 4.99. The summed E-state index contributed by atoms with van der Waals surface area (Å²) < 4.78 is 5.24. The number of carbonyl (C=O) groups is 2. The maximum absolute atomic E-state index is 12.3. The molecule has 2 saturated heterocycles. The Balaban J connectivity index is 2.02. The minimum Gasteiger partial charge on any atom is -0.480 e. The maximum atomic E-state index is 12.3. The number of hydrogen-bond acceptors (Lipinski definition) is 4. The lowest BCUT2D eigenvalue weighted by atomic mass is 9.90. The number of morpholine rings is 1. The van der Waals surface area contributed by atoms with Crippen LogP contribution in [-0.4, -0.2) is 71.7 Å². The SMILES string of the molecule is CCCC1(C(=O)O)CCCN1CC(=O)N1CCOCC1. The smallest absolute Gasteiger partial charge is 0.324 e. The van der Waals surface area contributed by atoms with E-state index in [0.29, 0.717) is 45.7 Å². The van der Waals surface area contributed by atoms with E-state index in [1.807, 2.05) is 11.8 Å². The molecule has 1 atom stereocenters. The molecule has 6 nitrogen and oxygen atoms in total. The van der Waals surface area contributed by atoms with Crippen molar-refractivity contribution in [2.24, 2.45) is 0 Å². The van der Waals surface area contributed by atoms with Crippen LogP contribution in [0.1, 0.15) is 32.6 Å². The summed E-state index contributed by atoms with van der Waals surface area (Å²) >= 11 is 0. The molecule has 0 aromatic heterocycles. The molecule has 0 radical (unpaired) electrons. The Labute approximate surface area is 119 Å². The van der Waals surface area contributed by atoms with Crippen molar-refractivity contribution in [2.75, 3.05) is 39.4 Å². The van der Waals surface area contributed by atoms with Crippen LogP contribution in [0.5, 0.6) is 0 Å². The van der Waals surface area contributed by atoms with Crippen LogP contribution >= 0.6 is 0 Å². The zero-order valence-electron chi connectivity index (χ0n) is 12.1. The van der Waals surface area contributed by atoms with E-state index in [9.17, 15) is 14.7 Å². The van der Waals surface area contributed by atoms with E-state index in [1.54, 1.807) is 4.90 Å². The highest BCUT2D eigenvalue weighted by Crippen LogP contribution is 2.33. The number of carboxylic acid groups (broad SMARTS) is 1. The van der Waals surface area contributed by atoms with Gasteiger partial charge in [-0.25, -0.2) is 0 Å². The normalized spacial score (nSPS) is 27.8. The van der Waals surface area contributed by atoms with Crippen molar-refractivity contribution >= 4 is 11.9 Å². The number of hydrogen-bond donors (Lipinski definition) is 1. The van der Waals surface area contributed by atoms with Crippen LogP contribution in [0.25, 0.3) is 0 Å². The average molecular weight is 284 g/mol. The number of likely N-dealkylation sites (tertiary alicyclic amines) is 1. The first-order valence-electron chi connectivity index (χ1n) is 7.44. The Bertz CT molecular complexity index is 368. The number of amides is 1. The summed E-state index contributed by atoms with van der Waals surface area (Å²) in [6, 6.07) is 0. The fraction of sp³-hybridized carbons (Fsp3) is 0.857. The van der Waals surface area contributed by atoms with Crippen molar-refractivity contribution in [3.8, 4) is 0 Å². The highest BCUT2D eigenvalue weighted by molar-refractivity contribution is 5.82. The largest absolute Gasteiger partial charge is 0.480 e. The van der Waals surface area contributed by atoms with Gasteiger partial charge in [-0.05, 0) is 25.8 Å². The zero-order valence-corrected chi connectivity index (χ0v) is 12.1. The van der Waals surface area contributed by atoms with Gasteiger partial charge >= 0.3 is 5.97 Å². The van der Waals surface area contributed by atoms with Crippen LogP contribution in [0, 0.1) is 0 Å². The number of carbonyl (C=O) groups excluding carboxylic acids is 1. The van der Waals surface area contributed by atoms with E-state index in [2.05, 4.69) is 0 Å². The molecule has 1 N–H and O–H groups in total. The second-order valence-corrected chi connectivity index (χ2v) is 5.61. The number of nitrogens with zero attached hydrogens (tertiary/aromatic N) is 2. The molecule has 0 aromatic carbocycles. The van der Waals surface area contributed by atoms with Gasteiger partial charge in [0.25, 0.3) is 0 Å². The number of aliphatic carboxylic acids is 1. The summed E-state index contributed by atoms with van der Waals surface area (Å²) in [6.45, 7) is 5.27. The lowest BCUT2D eigenvalue weighted by Gasteiger charge is -2.36. The van der Waals surface area contributed by atoms with Crippen LogP contribution in [0.3, 0.4) is 0 Å². The van der Waals surface area contributed by atoms with Crippen molar-refractivity contribution in [1.82, 2.24) is 9.80 Å². The van der Waals surface area contributed by atoms with Crippen LogP contribution in [0.4, 0.5) is 0 Å². The molecule has 6 heteroatoms. The number of rotatable bonds is 5. The lowest BCUT2D eigenvalue weighted by Crippen LogP contribution is -2.54. The predicted molar refractivity (Wildman–Crippen MR) is 73.5 cm³/mol. The third kappa shape index (κ3) is 2.96. The van der Waals surface area contributed by atoms with Gasteiger partial charge in [-0.15, -0.1) is 0 Å². The van der Waals surface area contributed by atoms with Crippen molar-refractivity contribution in [2.45, 2.75) is 38.1 Å². The van der Waals surface area contributed by atoms with E-state index in [1.165, 1.54) is 0 Å². The summed E-state index contributed by atoms with van der Waals surface area (Å²) in [5.41, 5.74) is -0.837. The molecule has 0 spiro atoms. The number of carboxylic acids is 1. The second-order valence-electron chi connectivity index (χ2n) is 5.61. The van der Waals surface area contributed by atoms with Crippen molar-refractivity contribution in [1.29, 1.82) is 0 Å². The Morgan fingerprint density at radius 2 is 1.95 bits per heavy atom. The van der Waals surface area contributed by atoms with Gasteiger partial charge in [-0.1, -0.05) is 13.3 Å². The van der Waals surface area contributed by atoms with Crippen molar-refractivity contribution < 1.29 is 19.4 Å². The van der Waals surface area contributed by atoms with Gasteiger partial charge in [0.1, 0.15) is 5.54 Å². The molecule has 2 aliphatic rings. The minimum atomic E-state index is -0.837. The van der Waals surface area contributed by atoms with E-state index >= 15 is 0 Å². The molecule has 0 bridgehead atoms. The van der Waals surface area contributed by atoms with E-state index in [4.69, 9.17) is 4.74 Å². The number of ether oxygens (including phenoxy) is 1. The Morgan fingerprint density at radius 1 is 1.25 bits per heavy atom. The molecular weight excluding hydrogens is 260 g/mol.